The topological polar surface area (TPSA) is 80.9 Å². The number of amides is 1. The van der Waals surface area contributed by atoms with Crippen molar-refractivity contribution in [1.29, 1.82) is 0 Å². The summed E-state index contributed by atoms with van der Waals surface area (Å²) < 4.78 is 5.40. The molecule has 0 atom stereocenters. The molecule has 1 fully saturated rings. The SMILES string of the molecule is Cc1cc(Cl)ccc1Cc1cnc(NC(=O)c2nnc(C3CC3)o2)s1. The van der Waals surface area contributed by atoms with Crippen LogP contribution in [-0.2, 0) is 6.42 Å². The van der Waals surface area contributed by atoms with Crippen LogP contribution in [0.2, 0.25) is 5.02 Å². The van der Waals surface area contributed by atoms with Crippen LogP contribution in [0.3, 0.4) is 0 Å². The van der Waals surface area contributed by atoms with Gasteiger partial charge in [0.25, 0.3) is 0 Å². The Bertz CT molecular complexity index is 932. The normalized spacial score (nSPS) is 13.8. The summed E-state index contributed by atoms with van der Waals surface area (Å²) in [5.74, 6) is 0.418. The number of aryl methyl sites for hydroxylation is 1. The monoisotopic (exact) mass is 374 g/mol. The zero-order valence-corrected chi connectivity index (χ0v) is 15.0. The van der Waals surface area contributed by atoms with Gasteiger partial charge in [-0.05, 0) is 43.0 Å². The minimum absolute atomic E-state index is 0.0211. The minimum atomic E-state index is -0.428. The quantitative estimate of drug-likeness (QED) is 0.723. The lowest BCUT2D eigenvalue weighted by Crippen LogP contribution is -2.11. The van der Waals surface area contributed by atoms with E-state index in [1.54, 1.807) is 6.20 Å². The number of thiazole rings is 1. The first-order valence-electron chi connectivity index (χ1n) is 7.93. The van der Waals surface area contributed by atoms with E-state index in [0.717, 1.165) is 34.7 Å². The number of hydrogen-bond acceptors (Lipinski definition) is 6. The number of rotatable bonds is 5. The summed E-state index contributed by atoms with van der Waals surface area (Å²) in [6.07, 6.45) is 4.59. The van der Waals surface area contributed by atoms with Crippen LogP contribution in [0, 0.1) is 6.92 Å². The number of benzene rings is 1. The lowest BCUT2D eigenvalue weighted by atomic mass is 10.1. The maximum absolute atomic E-state index is 12.2. The molecule has 2 heterocycles. The molecular weight excluding hydrogens is 360 g/mol. The van der Waals surface area contributed by atoms with Gasteiger partial charge >= 0.3 is 11.8 Å². The molecule has 25 heavy (non-hydrogen) atoms. The fourth-order valence-corrected chi connectivity index (χ4v) is 3.52. The second kappa shape index (κ2) is 6.57. The summed E-state index contributed by atoms with van der Waals surface area (Å²) in [6, 6.07) is 5.82. The summed E-state index contributed by atoms with van der Waals surface area (Å²) in [7, 11) is 0. The second-order valence-corrected chi connectivity index (χ2v) is 7.60. The van der Waals surface area contributed by atoms with E-state index in [0.29, 0.717) is 16.9 Å². The van der Waals surface area contributed by atoms with E-state index in [1.165, 1.54) is 16.9 Å². The highest BCUT2D eigenvalue weighted by Gasteiger charge is 2.30. The minimum Gasteiger partial charge on any atom is -0.417 e. The van der Waals surface area contributed by atoms with Crippen molar-refractivity contribution in [3.05, 3.63) is 57.2 Å². The molecule has 0 saturated heterocycles. The van der Waals surface area contributed by atoms with Crippen molar-refractivity contribution >= 4 is 34.0 Å². The lowest BCUT2D eigenvalue weighted by Gasteiger charge is -2.04. The number of carbonyl (C=O) groups excluding carboxylic acids is 1. The number of halogens is 1. The summed E-state index contributed by atoms with van der Waals surface area (Å²) in [6.45, 7) is 2.03. The molecule has 0 bridgehead atoms. The van der Waals surface area contributed by atoms with Gasteiger partial charge in [0.15, 0.2) is 5.13 Å². The number of anilines is 1. The molecule has 6 nitrogen and oxygen atoms in total. The Balaban J connectivity index is 1.42. The van der Waals surface area contributed by atoms with Crippen molar-refractivity contribution in [2.24, 2.45) is 0 Å². The van der Waals surface area contributed by atoms with Gasteiger partial charge in [0.1, 0.15) is 0 Å². The predicted octanol–water partition coefficient (Wildman–Crippen LogP) is 4.21. The van der Waals surface area contributed by atoms with E-state index in [2.05, 4.69) is 20.5 Å². The van der Waals surface area contributed by atoms with Crippen LogP contribution in [0.4, 0.5) is 5.13 Å². The zero-order chi connectivity index (χ0) is 17.4. The van der Waals surface area contributed by atoms with Crippen LogP contribution in [0.5, 0.6) is 0 Å². The van der Waals surface area contributed by atoms with Crippen molar-refractivity contribution < 1.29 is 9.21 Å². The van der Waals surface area contributed by atoms with Gasteiger partial charge in [-0.3, -0.25) is 10.1 Å². The third-order valence-corrected chi connectivity index (χ3v) is 5.15. The van der Waals surface area contributed by atoms with E-state index < -0.39 is 5.91 Å². The molecule has 2 aromatic heterocycles. The Hall–Kier alpha value is -2.25. The molecule has 1 N–H and O–H groups in total. The summed E-state index contributed by atoms with van der Waals surface area (Å²) >= 11 is 7.41. The highest BCUT2D eigenvalue weighted by atomic mass is 35.5. The Morgan fingerprint density at radius 3 is 3.00 bits per heavy atom. The molecular formula is C17H15ClN4O2S. The molecule has 0 aliphatic heterocycles. The van der Waals surface area contributed by atoms with E-state index in [4.69, 9.17) is 16.0 Å². The third kappa shape index (κ3) is 3.72. The van der Waals surface area contributed by atoms with Crippen molar-refractivity contribution in [2.45, 2.75) is 32.1 Å². The molecule has 1 saturated carbocycles. The van der Waals surface area contributed by atoms with Crippen molar-refractivity contribution in [3.63, 3.8) is 0 Å². The fraction of sp³-hybridized carbons (Fsp3) is 0.294. The van der Waals surface area contributed by atoms with E-state index in [9.17, 15) is 4.79 Å². The molecule has 128 valence electrons. The van der Waals surface area contributed by atoms with Gasteiger partial charge in [-0.1, -0.05) is 17.7 Å². The number of hydrogen-bond donors (Lipinski definition) is 1. The number of nitrogens with one attached hydrogen (secondary N) is 1. The average Bonchev–Trinajstić information content (AvgIpc) is 3.14. The molecule has 8 heteroatoms. The highest BCUT2D eigenvalue weighted by Crippen LogP contribution is 2.39. The molecule has 0 radical (unpaired) electrons. The van der Waals surface area contributed by atoms with Gasteiger partial charge in [-0.25, -0.2) is 4.98 Å². The molecule has 3 aromatic rings. The van der Waals surface area contributed by atoms with E-state index in [1.807, 2.05) is 25.1 Å². The largest absolute Gasteiger partial charge is 0.417 e. The van der Waals surface area contributed by atoms with Gasteiger partial charge in [-0.15, -0.1) is 21.5 Å². The fourth-order valence-electron chi connectivity index (χ4n) is 2.46. The number of nitrogens with zero attached hydrogens (tertiary/aromatic N) is 3. The maximum atomic E-state index is 12.2. The Morgan fingerprint density at radius 2 is 2.24 bits per heavy atom. The number of carbonyl (C=O) groups is 1. The van der Waals surface area contributed by atoms with Crippen molar-refractivity contribution in [2.75, 3.05) is 5.32 Å². The summed E-state index contributed by atoms with van der Waals surface area (Å²) in [4.78, 5) is 17.5. The van der Waals surface area contributed by atoms with Gasteiger partial charge in [0.2, 0.25) is 5.89 Å². The number of aromatic nitrogens is 3. The molecule has 4 rings (SSSR count). The van der Waals surface area contributed by atoms with Crippen LogP contribution in [0.25, 0.3) is 0 Å². The standard InChI is InChI=1S/C17H15ClN4O2S/c1-9-6-12(18)5-4-11(9)7-13-8-19-17(25-13)20-14(23)16-22-21-15(24-16)10-2-3-10/h4-6,8,10H,2-3,7H2,1H3,(H,19,20,23). The predicted molar refractivity (Wildman–Crippen MR) is 95.3 cm³/mol. The molecule has 0 spiro atoms. The first-order valence-corrected chi connectivity index (χ1v) is 9.12. The van der Waals surface area contributed by atoms with Crippen LogP contribution in [-0.4, -0.2) is 21.1 Å². The smallest absolute Gasteiger partial charge is 0.314 e. The molecule has 1 aromatic carbocycles. The van der Waals surface area contributed by atoms with Crippen LogP contribution >= 0.6 is 22.9 Å². The highest BCUT2D eigenvalue weighted by molar-refractivity contribution is 7.15. The Morgan fingerprint density at radius 1 is 1.40 bits per heavy atom. The molecule has 1 aliphatic rings. The van der Waals surface area contributed by atoms with Gasteiger partial charge in [0.05, 0.1) is 0 Å². The van der Waals surface area contributed by atoms with Crippen LogP contribution in [0.1, 0.15) is 51.3 Å². The van der Waals surface area contributed by atoms with Gasteiger partial charge in [0, 0.05) is 28.4 Å². The molecule has 1 aliphatic carbocycles. The van der Waals surface area contributed by atoms with Crippen LogP contribution < -0.4 is 5.32 Å². The summed E-state index contributed by atoms with van der Waals surface area (Å²) in [5.41, 5.74) is 2.31. The second-order valence-electron chi connectivity index (χ2n) is 6.05. The molecule has 1 amide bonds. The van der Waals surface area contributed by atoms with Crippen molar-refractivity contribution in [1.82, 2.24) is 15.2 Å². The summed E-state index contributed by atoms with van der Waals surface area (Å²) in [5, 5.41) is 11.7. The van der Waals surface area contributed by atoms with Gasteiger partial charge < -0.3 is 4.42 Å². The Kier molecular flexibility index (Phi) is 4.27. The Labute approximate surface area is 153 Å². The van der Waals surface area contributed by atoms with Crippen molar-refractivity contribution in [3.8, 4) is 0 Å². The maximum Gasteiger partial charge on any atom is 0.314 e. The third-order valence-electron chi connectivity index (χ3n) is 4.00. The van der Waals surface area contributed by atoms with Gasteiger partial charge in [-0.2, -0.15) is 0 Å². The average molecular weight is 375 g/mol. The van der Waals surface area contributed by atoms with E-state index in [-0.39, 0.29) is 5.89 Å². The molecule has 0 unspecified atom stereocenters. The first kappa shape index (κ1) is 16.2. The zero-order valence-electron chi connectivity index (χ0n) is 13.5. The van der Waals surface area contributed by atoms with E-state index >= 15 is 0 Å². The van der Waals surface area contributed by atoms with Crippen LogP contribution in [0.15, 0.2) is 28.8 Å². The lowest BCUT2D eigenvalue weighted by molar-refractivity contribution is 0.0988. The first-order chi connectivity index (χ1) is 12.1.